The molecule has 0 radical (unpaired) electrons. The highest BCUT2D eigenvalue weighted by Gasteiger charge is 2.28. The molecule has 0 fully saturated rings. The fourth-order valence-corrected chi connectivity index (χ4v) is 3.21. The van der Waals surface area contributed by atoms with Gasteiger partial charge in [0.25, 0.3) is 5.91 Å². The van der Waals surface area contributed by atoms with Crippen LogP contribution in [0.15, 0.2) is 67.0 Å². The first-order chi connectivity index (χ1) is 13.7. The van der Waals surface area contributed by atoms with E-state index in [2.05, 4.69) is 10.3 Å². The van der Waals surface area contributed by atoms with Gasteiger partial charge in [-0.05, 0) is 47.5 Å². The second-order valence-corrected chi connectivity index (χ2v) is 7.01. The highest BCUT2D eigenvalue weighted by Crippen LogP contribution is 2.31. The van der Waals surface area contributed by atoms with Gasteiger partial charge in [-0.3, -0.25) is 9.78 Å². The van der Waals surface area contributed by atoms with Crippen LogP contribution in [0, 0.1) is 0 Å². The third-order valence-corrected chi connectivity index (χ3v) is 4.74. The Balaban J connectivity index is 1.26. The van der Waals surface area contributed by atoms with Gasteiger partial charge in [0.15, 0.2) is 6.10 Å². The maximum atomic E-state index is 12.4. The number of aromatic nitrogens is 1. The molecule has 4 rings (SSSR count). The molecule has 0 saturated heterocycles. The fourth-order valence-electron chi connectivity index (χ4n) is 3.02. The summed E-state index contributed by atoms with van der Waals surface area (Å²) in [6, 6.07) is 16.9. The highest BCUT2D eigenvalue weighted by molar-refractivity contribution is 6.30. The topological polar surface area (TPSA) is 60.5 Å². The summed E-state index contributed by atoms with van der Waals surface area (Å²) < 4.78 is 11.5. The summed E-state index contributed by atoms with van der Waals surface area (Å²) in [5, 5.41) is 3.57. The second kappa shape index (κ2) is 8.31. The zero-order valence-corrected chi connectivity index (χ0v) is 15.9. The number of amides is 1. The van der Waals surface area contributed by atoms with E-state index < -0.39 is 6.10 Å². The number of halogens is 1. The van der Waals surface area contributed by atoms with Crippen LogP contribution in [0.25, 0.3) is 0 Å². The van der Waals surface area contributed by atoms with Crippen molar-refractivity contribution < 1.29 is 14.3 Å². The van der Waals surface area contributed by atoms with Crippen LogP contribution >= 0.6 is 11.6 Å². The number of carbonyl (C=O) groups excluding carboxylic acids is 1. The first-order valence-corrected chi connectivity index (χ1v) is 9.38. The average molecular weight is 395 g/mol. The van der Waals surface area contributed by atoms with E-state index in [4.69, 9.17) is 21.1 Å². The Morgan fingerprint density at radius 2 is 2.04 bits per heavy atom. The lowest BCUT2D eigenvalue weighted by Gasteiger charge is -2.12. The first-order valence-electron chi connectivity index (χ1n) is 9.01. The molecule has 5 nitrogen and oxygen atoms in total. The van der Waals surface area contributed by atoms with Crippen LogP contribution in [0.4, 0.5) is 0 Å². The van der Waals surface area contributed by atoms with E-state index in [0.29, 0.717) is 24.6 Å². The van der Waals surface area contributed by atoms with E-state index in [9.17, 15) is 4.79 Å². The lowest BCUT2D eigenvalue weighted by molar-refractivity contribution is -0.127. The summed E-state index contributed by atoms with van der Waals surface area (Å²) in [5.74, 6) is 1.36. The van der Waals surface area contributed by atoms with Crippen molar-refractivity contribution in [1.29, 1.82) is 0 Å². The number of nitrogens with zero attached hydrogens (tertiary/aromatic N) is 1. The smallest absolute Gasteiger partial charge is 0.261 e. The van der Waals surface area contributed by atoms with E-state index in [-0.39, 0.29) is 5.91 Å². The largest absolute Gasteiger partial charge is 0.489 e. The van der Waals surface area contributed by atoms with Crippen LogP contribution in [0.1, 0.15) is 16.7 Å². The summed E-state index contributed by atoms with van der Waals surface area (Å²) in [6.07, 6.45) is 3.52. The average Bonchev–Trinajstić information content (AvgIpc) is 3.15. The normalized spacial score (nSPS) is 14.8. The number of nitrogens with one attached hydrogen (secondary N) is 1. The molecule has 2 heterocycles. The maximum Gasteiger partial charge on any atom is 0.261 e. The molecule has 28 heavy (non-hydrogen) atoms. The van der Waals surface area contributed by atoms with Gasteiger partial charge in [-0.25, -0.2) is 0 Å². The van der Waals surface area contributed by atoms with E-state index in [0.717, 1.165) is 28.2 Å². The Morgan fingerprint density at radius 1 is 1.18 bits per heavy atom. The van der Waals surface area contributed by atoms with E-state index in [1.807, 2.05) is 42.5 Å². The zero-order chi connectivity index (χ0) is 19.3. The summed E-state index contributed by atoms with van der Waals surface area (Å²) >= 11 is 5.99. The Morgan fingerprint density at radius 3 is 2.82 bits per heavy atom. The lowest BCUT2D eigenvalue weighted by Crippen LogP contribution is -2.36. The molecule has 3 aromatic rings. The minimum atomic E-state index is -0.518. The van der Waals surface area contributed by atoms with Crippen molar-refractivity contribution >= 4 is 17.5 Å². The fraction of sp³-hybridized carbons (Fsp3) is 0.182. The van der Waals surface area contributed by atoms with Gasteiger partial charge in [0.2, 0.25) is 0 Å². The molecule has 1 unspecified atom stereocenters. The number of rotatable bonds is 6. The molecule has 1 aromatic heterocycles. The van der Waals surface area contributed by atoms with E-state index in [1.54, 1.807) is 24.5 Å². The standard InChI is InChI=1S/C22H19ClN2O3/c23-18-5-8-20-17(10-18)11-21(28-20)22(26)25-13-15-3-6-19(7-4-15)27-14-16-2-1-9-24-12-16/h1-10,12,21H,11,13-14H2,(H,25,26). The number of pyridine rings is 1. The van der Waals surface area contributed by atoms with Gasteiger partial charge in [-0.1, -0.05) is 29.8 Å². The monoisotopic (exact) mass is 394 g/mol. The molecule has 0 saturated carbocycles. The zero-order valence-electron chi connectivity index (χ0n) is 15.1. The van der Waals surface area contributed by atoms with Gasteiger partial charge in [0.05, 0.1) is 0 Å². The molecule has 0 aliphatic carbocycles. The van der Waals surface area contributed by atoms with Crippen LogP contribution in [0.5, 0.6) is 11.5 Å². The predicted octanol–water partition coefficient (Wildman–Crippen LogP) is 3.93. The Hall–Kier alpha value is -3.05. The Labute approximate surface area is 168 Å². The van der Waals surface area contributed by atoms with Crippen molar-refractivity contribution in [3.63, 3.8) is 0 Å². The lowest BCUT2D eigenvalue weighted by atomic mass is 10.1. The Bertz CT molecular complexity index is 961. The summed E-state index contributed by atoms with van der Waals surface area (Å²) in [6.45, 7) is 0.895. The van der Waals surface area contributed by atoms with Crippen molar-refractivity contribution in [3.8, 4) is 11.5 Å². The molecular weight excluding hydrogens is 376 g/mol. The third-order valence-electron chi connectivity index (χ3n) is 4.51. The molecule has 0 spiro atoms. The SMILES string of the molecule is O=C(NCc1ccc(OCc2cccnc2)cc1)C1Cc2cc(Cl)ccc2O1. The van der Waals surface area contributed by atoms with Crippen molar-refractivity contribution in [2.24, 2.45) is 0 Å². The summed E-state index contributed by atoms with van der Waals surface area (Å²) in [7, 11) is 0. The Kier molecular flexibility index (Phi) is 5.44. The predicted molar refractivity (Wildman–Crippen MR) is 106 cm³/mol. The number of ether oxygens (including phenoxy) is 2. The quantitative estimate of drug-likeness (QED) is 0.688. The molecule has 1 aliphatic rings. The van der Waals surface area contributed by atoms with Crippen LogP contribution in [0.3, 0.4) is 0 Å². The number of hydrogen-bond acceptors (Lipinski definition) is 4. The number of benzene rings is 2. The minimum Gasteiger partial charge on any atom is -0.489 e. The molecule has 1 amide bonds. The van der Waals surface area contributed by atoms with Gasteiger partial charge in [0.1, 0.15) is 18.1 Å². The summed E-state index contributed by atoms with van der Waals surface area (Å²) in [5.41, 5.74) is 2.96. The summed E-state index contributed by atoms with van der Waals surface area (Å²) in [4.78, 5) is 16.5. The second-order valence-electron chi connectivity index (χ2n) is 6.57. The molecule has 1 N–H and O–H groups in total. The number of carbonyl (C=O) groups is 1. The van der Waals surface area contributed by atoms with Crippen molar-refractivity contribution in [2.75, 3.05) is 0 Å². The molecule has 2 aromatic carbocycles. The molecule has 0 bridgehead atoms. The molecule has 1 atom stereocenters. The van der Waals surface area contributed by atoms with Gasteiger partial charge < -0.3 is 14.8 Å². The van der Waals surface area contributed by atoms with Gasteiger partial charge in [-0.15, -0.1) is 0 Å². The number of hydrogen-bond donors (Lipinski definition) is 1. The molecule has 142 valence electrons. The van der Waals surface area contributed by atoms with Crippen LogP contribution in [-0.2, 0) is 24.4 Å². The van der Waals surface area contributed by atoms with Crippen molar-refractivity contribution in [2.45, 2.75) is 25.7 Å². The van der Waals surface area contributed by atoms with Crippen LogP contribution in [0.2, 0.25) is 5.02 Å². The third kappa shape index (κ3) is 4.43. The minimum absolute atomic E-state index is 0.135. The molecule has 1 aliphatic heterocycles. The van der Waals surface area contributed by atoms with E-state index in [1.165, 1.54) is 0 Å². The van der Waals surface area contributed by atoms with Gasteiger partial charge in [-0.2, -0.15) is 0 Å². The van der Waals surface area contributed by atoms with Gasteiger partial charge >= 0.3 is 0 Å². The van der Waals surface area contributed by atoms with E-state index >= 15 is 0 Å². The van der Waals surface area contributed by atoms with Gasteiger partial charge in [0, 0.05) is 35.9 Å². The molecule has 6 heteroatoms. The van der Waals surface area contributed by atoms with Crippen LogP contribution in [-0.4, -0.2) is 17.0 Å². The maximum absolute atomic E-state index is 12.4. The van der Waals surface area contributed by atoms with Crippen molar-refractivity contribution in [3.05, 3.63) is 88.7 Å². The van der Waals surface area contributed by atoms with Crippen molar-refractivity contribution in [1.82, 2.24) is 10.3 Å². The first kappa shape index (κ1) is 18.3. The molecular formula is C22H19ClN2O3. The van der Waals surface area contributed by atoms with Crippen LogP contribution < -0.4 is 14.8 Å². The highest BCUT2D eigenvalue weighted by atomic mass is 35.5. The number of fused-ring (bicyclic) bond motifs is 1.